The van der Waals surface area contributed by atoms with Gasteiger partial charge in [-0.05, 0) is 62.2 Å². The summed E-state index contributed by atoms with van der Waals surface area (Å²) in [7, 11) is 0. The molecule has 152 valence electrons. The summed E-state index contributed by atoms with van der Waals surface area (Å²) in [5.74, 6) is -0.126. The number of halogens is 2. The van der Waals surface area contributed by atoms with Gasteiger partial charge in [-0.25, -0.2) is 0 Å². The zero-order chi connectivity index (χ0) is 21.1. The molecule has 1 aromatic heterocycles. The average Bonchev–Trinajstić information content (AvgIpc) is 2.69. The molecule has 0 aliphatic heterocycles. The average molecular weight is 434 g/mol. The third-order valence-corrected chi connectivity index (χ3v) is 5.26. The van der Waals surface area contributed by atoms with Gasteiger partial charge in [-0.3, -0.25) is 9.59 Å². The molecule has 0 saturated carbocycles. The first kappa shape index (κ1) is 21.2. The van der Waals surface area contributed by atoms with Crippen LogP contribution in [0.25, 0.3) is 22.3 Å². The van der Waals surface area contributed by atoms with Crippen molar-refractivity contribution in [1.29, 1.82) is 0 Å². The predicted octanol–water partition coefficient (Wildman–Crippen LogP) is 5.37. The molecule has 1 amide bonds. The molecule has 0 aliphatic rings. The first-order chi connectivity index (χ1) is 13.8. The number of hydrogen-bond donors (Lipinski definition) is 1. The zero-order valence-electron chi connectivity index (χ0n) is 16.3. The van der Waals surface area contributed by atoms with Crippen molar-refractivity contribution in [1.82, 2.24) is 5.32 Å². The quantitative estimate of drug-likeness (QED) is 0.567. The number of carbonyl (C=O) groups is 1. The van der Waals surface area contributed by atoms with Crippen molar-refractivity contribution in [2.75, 3.05) is 6.61 Å². The van der Waals surface area contributed by atoms with Gasteiger partial charge in [0.2, 0.25) is 11.2 Å². The SMILES string of the molecule is CCC(C)NC(=O)COc1c(-c2ccc(Cl)cc2)oc2cc(C)c(Cl)cc2c1=O. The van der Waals surface area contributed by atoms with Crippen molar-refractivity contribution in [2.45, 2.75) is 33.2 Å². The Morgan fingerprint density at radius 3 is 2.55 bits per heavy atom. The second-order valence-corrected chi connectivity index (χ2v) is 7.70. The topological polar surface area (TPSA) is 68.5 Å². The van der Waals surface area contributed by atoms with Crippen LogP contribution in [0.1, 0.15) is 25.8 Å². The van der Waals surface area contributed by atoms with Gasteiger partial charge in [0, 0.05) is 21.7 Å². The van der Waals surface area contributed by atoms with Gasteiger partial charge in [0.1, 0.15) is 5.58 Å². The number of fused-ring (bicyclic) bond motifs is 1. The van der Waals surface area contributed by atoms with E-state index >= 15 is 0 Å². The molecule has 0 bridgehead atoms. The number of rotatable bonds is 6. The van der Waals surface area contributed by atoms with E-state index in [1.807, 2.05) is 20.8 Å². The first-order valence-corrected chi connectivity index (χ1v) is 10.0. The van der Waals surface area contributed by atoms with E-state index in [1.165, 1.54) is 0 Å². The van der Waals surface area contributed by atoms with Crippen molar-refractivity contribution in [3.8, 4) is 17.1 Å². The lowest BCUT2D eigenvalue weighted by Crippen LogP contribution is -2.36. The van der Waals surface area contributed by atoms with Crippen LogP contribution in [0, 0.1) is 6.92 Å². The molecule has 0 spiro atoms. The number of benzene rings is 2. The van der Waals surface area contributed by atoms with Crippen LogP contribution < -0.4 is 15.5 Å². The lowest BCUT2D eigenvalue weighted by molar-refractivity contribution is -0.123. The van der Waals surface area contributed by atoms with Crippen LogP contribution in [0.4, 0.5) is 0 Å². The van der Waals surface area contributed by atoms with E-state index in [9.17, 15) is 9.59 Å². The lowest BCUT2D eigenvalue weighted by Gasteiger charge is -2.14. The summed E-state index contributed by atoms with van der Waals surface area (Å²) in [6.07, 6.45) is 0.789. The molecule has 3 aromatic rings. The first-order valence-electron chi connectivity index (χ1n) is 9.25. The fraction of sp³-hybridized carbons (Fsp3) is 0.273. The van der Waals surface area contributed by atoms with Gasteiger partial charge in [-0.15, -0.1) is 0 Å². The smallest absolute Gasteiger partial charge is 0.258 e. The molecule has 7 heteroatoms. The Morgan fingerprint density at radius 2 is 1.90 bits per heavy atom. The highest BCUT2D eigenvalue weighted by Gasteiger charge is 2.20. The minimum absolute atomic E-state index is 0.0108. The highest BCUT2D eigenvalue weighted by atomic mass is 35.5. The second-order valence-electron chi connectivity index (χ2n) is 6.86. The molecule has 0 saturated heterocycles. The molecule has 1 unspecified atom stereocenters. The highest BCUT2D eigenvalue weighted by molar-refractivity contribution is 6.32. The Kier molecular flexibility index (Phi) is 6.50. The molecule has 5 nitrogen and oxygen atoms in total. The van der Waals surface area contributed by atoms with Crippen LogP contribution in [-0.4, -0.2) is 18.6 Å². The molecule has 0 aliphatic carbocycles. The van der Waals surface area contributed by atoms with Gasteiger partial charge in [-0.2, -0.15) is 0 Å². The van der Waals surface area contributed by atoms with Crippen molar-refractivity contribution >= 4 is 40.1 Å². The molecule has 1 N–H and O–H groups in total. The van der Waals surface area contributed by atoms with E-state index in [0.717, 1.165) is 12.0 Å². The minimum Gasteiger partial charge on any atom is -0.476 e. The van der Waals surface area contributed by atoms with Gasteiger partial charge < -0.3 is 14.5 Å². The summed E-state index contributed by atoms with van der Waals surface area (Å²) in [6.45, 7) is 5.38. The van der Waals surface area contributed by atoms with E-state index in [2.05, 4.69) is 5.32 Å². The number of amides is 1. The molecule has 3 rings (SSSR count). The molecule has 0 radical (unpaired) electrons. The van der Waals surface area contributed by atoms with E-state index in [1.54, 1.807) is 36.4 Å². The molecular weight excluding hydrogens is 413 g/mol. The molecule has 0 fully saturated rings. The van der Waals surface area contributed by atoms with Crippen molar-refractivity contribution in [3.05, 3.63) is 62.2 Å². The summed E-state index contributed by atoms with van der Waals surface area (Å²) in [4.78, 5) is 25.3. The Labute approximate surface area is 178 Å². The highest BCUT2D eigenvalue weighted by Crippen LogP contribution is 2.33. The third-order valence-electron chi connectivity index (χ3n) is 4.60. The van der Waals surface area contributed by atoms with Crippen LogP contribution in [0.2, 0.25) is 10.0 Å². The number of aryl methyl sites for hydroxylation is 1. The van der Waals surface area contributed by atoms with E-state index in [0.29, 0.717) is 21.2 Å². The Balaban J connectivity index is 2.09. The number of carbonyl (C=O) groups excluding carboxylic acids is 1. The van der Waals surface area contributed by atoms with Gasteiger partial charge in [0.05, 0.1) is 5.39 Å². The van der Waals surface area contributed by atoms with Gasteiger partial charge >= 0.3 is 0 Å². The van der Waals surface area contributed by atoms with Crippen molar-refractivity contribution in [2.24, 2.45) is 0 Å². The second kappa shape index (κ2) is 8.89. The van der Waals surface area contributed by atoms with E-state index in [4.69, 9.17) is 32.4 Å². The van der Waals surface area contributed by atoms with E-state index in [-0.39, 0.29) is 35.5 Å². The number of hydrogen-bond acceptors (Lipinski definition) is 4. The van der Waals surface area contributed by atoms with E-state index < -0.39 is 5.43 Å². The van der Waals surface area contributed by atoms with Crippen molar-refractivity contribution < 1.29 is 13.9 Å². The van der Waals surface area contributed by atoms with Gasteiger partial charge in [0.25, 0.3) is 5.91 Å². The molecule has 1 heterocycles. The summed E-state index contributed by atoms with van der Waals surface area (Å²) in [5, 5.41) is 4.09. The fourth-order valence-electron chi connectivity index (χ4n) is 2.78. The summed E-state index contributed by atoms with van der Waals surface area (Å²) < 4.78 is 11.7. The van der Waals surface area contributed by atoms with Crippen LogP contribution in [-0.2, 0) is 4.79 Å². The van der Waals surface area contributed by atoms with Crippen molar-refractivity contribution in [3.63, 3.8) is 0 Å². The summed E-state index contributed by atoms with van der Waals surface area (Å²) >= 11 is 12.2. The maximum absolute atomic E-state index is 13.1. The largest absolute Gasteiger partial charge is 0.476 e. The molecule has 29 heavy (non-hydrogen) atoms. The van der Waals surface area contributed by atoms with Crippen LogP contribution in [0.3, 0.4) is 0 Å². The normalized spacial score (nSPS) is 12.0. The Hall–Kier alpha value is -2.50. The number of ether oxygens (including phenoxy) is 1. The Morgan fingerprint density at radius 1 is 1.21 bits per heavy atom. The van der Waals surface area contributed by atoms with Gasteiger partial charge in [0.15, 0.2) is 12.4 Å². The summed E-state index contributed by atoms with van der Waals surface area (Å²) in [6, 6.07) is 10.1. The van der Waals surface area contributed by atoms with Crippen LogP contribution >= 0.6 is 23.2 Å². The van der Waals surface area contributed by atoms with Crippen LogP contribution in [0.15, 0.2) is 45.6 Å². The maximum atomic E-state index is 13.1. The predicted molar refractivity (Wildman–Crippen MR) is 116 cm³/mol. The third kappa shape index (κ3) is 4.74. The minimum atomic E-state index is -0.394. The standard InChI is InChI=1S/C22H21Cl2NO4/c1-4-13(3)25-19(26)11-28-22-20(27)16-10-17(24)12(2)9-18(16)29-21(22)14-5-7-15(23)8-6-14/h5-10,13H,4,11H2,1-3H3,(H,25,26). The van der Waals surface area contributed by atoms with Crippen LogP contribution in [0.5, 0.6) is 5.75 Å². The number of nitrogens with one attached hydrogen (secondary N) is 1. The summed E-state index contributed by atoms with van der Waals surface area (Å²) in [5.41, 5.74) is 1.39. The Bertz CT molecular complexity index is 1110. The molecular formula is C22H21Cl2NO4. The van der Waals surface area contributed by atoms with Gasteiger partial charge in [-0.1, -0.05) is 30.1 Å². The monoisotopic (exact) mass is 433 g/mol. The molecule has 1 atom stereocenters. The maximum Gasteiger partial charge on any atom is 0.258 e. The zero-order valence-corrected chi connectivity index (χ0v) is 17.9. The fourth-order valence-corrected chi connectivity index (χ4v) is 3.07. The molecule has 2 aromatic carbocycles. The lowest BCUT2D eigenvalue weighted by atomic mass is 10.1.